The van der Waals surface area contributed by atoms with E-state index < -0.39 is 0 Å². The Labute approximate surface area is 113 Å². The number of rotatable bonds is 4. The molecule has 0 spiro atoms. The van der Waals surface area contributed by atoms with Crippen LogP contribution in [0.5, 0.6) is 5.75 Å². The molecule has 2 N–H and O–H groups in total. The second kappa shape index (κ2) is 6.06. The summed E-state index contributed by atoms with van der Waals surface area (Å²) in [5, 5.41) is 19.0. The fourth-order valence-electron chi connectivity index (χ4n) is 2.70. The normalized spacial score (nSPS) is 22.7. The second-order valence-electron chi connectivity index (χ2n) is 5.23. The summed E-state index contributed by atoms with van der Waals surface area (Å²) in [6.45, 7) is 2.83. The van der Waals surface area contributed by atoms with Gasteiger partial charge in [-0.1, -0.05) is 25.1 Å². The van der Waals surface area contributed by atoms with Gasteiger partial charge in [-0.15, -0.1) is 0 Å². The van der Waals surface area contributed by atoms with Crippen LogP contribution in [0.1, 0.15) is 25.3 Å². The van der Waals surface area contributed by atoms with Crippen molar-refractivity contribution in [3.8, 4) is 5.75 Å². The average molecular weight is 263 g/mol. The molecule has 0 aromatic heterocycles. The summed E-state index contributed by atoms with van der Waals surface area (Å²) in [6, 6.07) is 7.04. The van der Waals surface area contributed by atoms with E-state index in [-0.39, 0.29) is 24.3 Å². The number of aliphatic hydroxyl groups excluding tert-OH is 1. The monoisotopic (exact) mass is 263 g/mol. The Balaban J connectivity index is 1.93. The van der Waals surface area contributed by atoms with Crippen LogP contribution < -0.4 is 0 Å². The second-order valence-corrected chi connectivity index (χ2v) is 5.23. The van der Waals surface area contributed by atoms with Gasteiger partial charge >= 0.3 is 0 Å². The molecular formula is C15H21NO3. The Hall–Kier alpha value is -1.55. The third kappa shape index (κ3) is 3.07. The fourth-order valence-corrected chi connectivity index (χ4v) is 2.70. The van der Waals surface area contributed by atoms with Gasteiger partial charge in [0, 0.05) is 13.0 Å². The highest BCUT2D eigenvalue weighted by Crippen LogP contribution is 2.25. The SMILES string of the molecule is CC1CCN(C(=O)CCc2ccccc2O)C1CO. The molecule has 2 rings (SSSR count). The zero-order chi connectivity index (χ0) is 13.8. The Bertz CT molecular complexity index is 447. The summed E-state index contributed by atoms with van der Waals surface area (Å²) < 4.78 is 0. The molecular weight excluding hydrogens is 242 g/mol. The Morgan fingerprint density at radius 2 is 2.16 bits per heavy atom. The van der Waals surface area contributed by atoms with Crippen LogP contribution in [0.25, 0.3) is 0 Å². The van der Waals surface area contributed by atoms with Gasteiger partial charge in [0.25, 0.3) is 0 Å². The van der Waals surface area contributed by atoms with Crippen LogP contribution >= 0.6 is 0 Å². The van der Waals surface area contributed by atoms with E-state index in [4.69, 9.17) is 0 Å². The summed E-state index contributed by atoms with van der Waals surface area (Å²) in [6.07, 6.45) is 1.86. The first-order chi connectivity index (χ1) is 9.13. The summed E-state index contributed by atoms with van der Waals surface area (Å²) in [4.78, 5) is 14.0. The predicted molar refractivity (Wildman–Crippen MR) is 72.8 cm³/mol. The van der Waals surface area contributed by atoms with Crippen molar-refractivity contribution in [2.75, 3.05) is 13.2 Å². The molecule has 2 atom stereocenters. The highest BCUT2D eigenvalue weighted by molar-refractivity contribution is 5.77. The van der Waals surface area contributed by atoms with E-state index in [1.807, 2.05) is 12.1 Å². The number of carbonyl (C=O) groups excluding carboxylic acids is 1. The number of aryl methyl sites for hydroxylation is 1. The standard InChI is InChI=1S/C15H21NO3/c1-11-8-9-16(13(11)10-17)15(19)7-6-12-4-2-3-5-14(12)18/h2-5,11,13,17-18H,6-10H2,1H3. The average Bonchev–Trinajstić information content (AvgIpc) is 2.78. The van der Waals surface area contributed by atoms with Crippen molar-refractivity contribution in [3.63, 3.8) is 0 Å². The summed E-state index contributed by atoms with van der Waals surface area (Å²) in [5.41, 5.74) is 0.795. The molecule has 1 fully saturated rings. The lowest BCUT2D eigenvalue weighted by Gasteiger charge is -2.25. The maximum absolute atomic E-state index is 12.2. The zero-order valence-electron chi connectivity index (χ0n) is 11.2. The smallest absolute Gasteiger partial charge is 0.223 e. The van der Waals surface area contributed by atoms with Gasteiger partial charge in [0.15, 0.2) is 0 Å². The lowest BCUT2D eigenvalue weighted by Crippen LogP contribution is -2.39. The van der Waals surface area contributed by atoms with Crippen molar-refractivity contribution in [1.82, 2.24) is 4.90 Å². The van der Waals surface area contributed by atoms with Gasteiger partial charge in [-0.05, 0) is 30.4 Å². The topological polar surface area (TPSA) is 60.8 Å². The van der Waals surface area contributed by atoms with Crippen LogP contribution in [0, 0.1) is 5.92 Å². The first-order valence-electron chi connectivity index (χ1n) is 6.80. The number of hydrogen-bond donors (Lipinski definition) is 2. The van der Waals surface area contributed by atoms with Crippen molar-refractivity contribution >= 4 is 5.91 Å². The molecule has 0 saturated carbocycles. The maximum Gasteiger partial charge on any atom is 0.223 e. The molecule has 1 aromatic rings. The van der Waals surface area contributed by atoms with Crippen molar-refractivity contribution < 1.29 is 15.0 Å². The van der Waals surface area contributed by atoms with Crippen molar-refractivity contribution in [2.45, 2.75) is 32.2 Å². The van der Waals surface area contributed by atoms with Crippen molar-refractivity contribution in [1.29, 1.82) is 0 Å². The van der Waals surface area contributed by atoms with E-state index in [9.17, 15) is 15.0 Å². The fraction of sp³-hybridized carbons (Fsp3) is 0.533. The molecule has 2 unspecified atom stereocenters. The molecule has 1 amide bonds. The molecule has 4 heteroatoms. The number of carbonyl (C=O) groups is 1. The van der Waals surface area contributed by atoms with E-state index in [0.717, 1.165) is 18.5 Å². The molecule has 1 aliphatic rings. The number of phenolic OH excluding ortho intramolecular Hbond substituents is 1. The maximum atomic E-state index is 12.2. The number of aromatic hydroxyl groups is 1. The molecule has 104 valence electrons. The molecule has 0 bridgehead atoms. The molecule has 4 nitrogen and oxygen atoms in total. The lowest BCUT2D eigenvalue weighted by molar-refractivity contribution is -0.133. The van der Waals surface area contributed by atoms with Crippen LogP contribution in [-0.4, -0.2) is 40.2 Å². The van der Waals surface area contributed by atoms with Gasteiger partial charge in [-0.2, -0.15) is 0 Å². The van der Waals surface area contributed by atoms with Crippen molar-refractivity contribution in [3.05, 3.63) is 29.8 Å². The van der Waals surface area contributed by atoms with Crippen molar-refractivity contribution in [2.24, 2.45) is 5.92 Å². The lowest BCUT2D eigenvalue weighted by atomic mass is 10.0. The number of likely N-dealkylation sites (tertiary alicyclic amines) is 1. The minimum Gasteiger partial charge on any atom is -0.508 e. The van der Waals surface area contributed by atoms with Gasteiger partial charge < -0.3 is 15.1 Å². The number of phenols is 1. The number of amides is 1. The van der Waals surface area contributed by atoms with Crippen LogP contribution in [0.15, 0.2) is 24.3 Å². The van der Waals surface area contributed by atoms with Gasteiger partial charge in [0.2, 0.25) is 5.91 Å². The Kier molecular flexibility index (Phi) is 4.43. The molecule has 1 saturated heterocycles. The van der Waals surface area contributed by atoms with Gasteiger partial charge in [-0.25, -0.2) is 0 Å². The Morgan fingerprint density at radius 3 is 2.84 bits per heavy atom. The van der Waals surface area contributed by atoms with Crippen LogP contribution in [0.4, 0.5) is 0 Å². The third-order valence-corrected chi connectivity index (χ3v) is 3.99. The largest absolute Gasteiger partial charge is 0.508 e. The summed E-state index contributed by atoms with van der Waals surface area (Å²) in [7, 11) is 0. The molecule has 0 radical (unpaired) electrons. The molecule has 19 heavy (non-hydrogen) atoms. The minimum atomic E-state index is -0.0446. The molecule has 1 aromatic carbocycles. The first-order valence-corrected chi connectivity index (χ1v) is 6.80. The van der Waals surface area contributed by atoms with Gasteiger partial charge in [0.05, 0.1) is 12.6 Å². The number of para-hydroxylation sites is 1. The summed E-state index contributed by atoms with van der Waals surface area (Å²) >= 11 is 0. The van der Waals surface area contributed by atoms with Gasteiger partial charge in [0.1, 0.15) is 5.75 Å². The van der Waals surface area contributed by atoms with Gasteiger partial charge in [-0.3, -0.25) is 4.79 Å². The first kappa shape index (κ1) is 13.9. The van der Waals surface area contributed by atoms with Crippen LogP contribution in [0.2, 0.25) is 0 Å². The zero-order valence-corrected chi connectivity index (χ0v) is 11.2. The number of aliphatic hydroxyl groups is 1. The van der Waals surface area contributed by atoms with E-state index in [0.29, 0.717) is 18.8 Å². The number of nitrogens with zero attached hydrogens (tertiary/aromatic N) is 1. The molecule has 1 aliphatic heterocycles. The minimum absolute atomic E-state index is 0.0312. The number of hydrogen-bond acceptors (Lipinski definition) is 3. The van der Waals surface area contributed by atoms with E-state index >= 15 is 0 Å². The number of benzene rings is 1. The van der Waals surface area contributed by atoms with E-state index in [1.54, 1.807) is 17.0 Å². The molecule has 1 heterocycles. The highest BCUT2D eigenvalue weighted by Gasteiger charge is 2.33. The van der Waals surface area contributed by atoms with Crippen LogP contribution in [-0.2, 0) is 11.2 Å². The molecule has 0 aliphatic carbocycles. The van der Waals surface area contributed by atoms with E-state index in [1.165, 1.54) is 0 Å². The van der Waals surface area contributed by atoms with Crippen LogP contribution in [0.3, 0.4) is 0 Å². The van der Waals surface area contributed by atoms with E-state index in [2.05, 4.69) is 6.92 Å². The predicted octanol–water partition coefficient (Wildman–Crippen LogP) is 1.55. The Morgan fingerprint density at radius 1 is 1.42 bits per heavy atom. The summed E-state index contributed by atoms with van der Waals surface area (Å²) in [5.74, 6) is 0.662. The third-order valence-electron chi connectivity index (χ3n) is 3.99. The quantitative estimate of drug-likeness (QED) is 0.866. The highest BCUT2D eigenvalue weighted by atomic mass is 16.3.